The molecule has 2 aliphatic heterocycles. The average molecular weight is 488 g/mol. The first-order valence-corrected chi connectivity index (χ1v) is 12.3. The van der Waals surface area contributed by atoms with E-state index in [0.29, 0.717) is 0 Å². The van der Waals surface area contributed by atoms with Gasteiger partial charge in [0.1, 0.15) is 18.6 Å². The molecule has 0 spiro atoms. The van der Waals surface area contributed by atoms with Crippen LogP contribution in [0.25, 0.3) is 6.08 Å². The molecular weight excluding hydrogens is 462 g/mol. The summed E-state index contributed by atoms with van der Waals surface area (Å²) in [5, 5.41) is 0. The third-order valence-electron chi connectivity index (χ3n) is 5.12. The first-order chi connectivity index (χ1) is 15.4. The van der Waals surface area contributed by atoms with E-state index in [4.69, 9.17) is 23.4 Å². The molecule has 174 valence electrons. The maximum absolute atomic E-state index is 8.49. The van der Waals surface area contributed by atoms with Crippen molar-refractivity contribution in [1.29, 1.82) is 0 Å². The molecule has 2 aliphatic rings. The van der Waals surface area contributed by atoms with Gasteiger partial charge >= 0.3 is 0 Å². The van der Waals surface area contributed by atoms with Gasteiger partial charge in [0.25, 0.3) is 0 Å². The molecule has 2 heterocycles. The van der Waals surface area contributed by atoms with Gasteiger partial charge in [0.15, 0.2) is 5.71 Å². The molecule has 0 radical (unpaired) electrons. The van der Waals surface area contributed by atoms with Crippen molar-refractivity contribution in [2.45, 2.75) is 36.8 Å². The summed E-state index contributed by atoms with van der Waals surface area (Å²) in [7, 11) is -2.78. The molecule has 0 N–H and O–H groups in total. The molecule has 0 unspecified atom stereocenters. The van der Waals surface area contributed by atoms with E-state index in [-0.39, 0.29) is 4.75 Å². The molecular formula is C25H26ClNO5S. The Morgan fingerprint density at radius 3 is 2.39 bits per heavy atom. The Hall–Kier alpha value is -2.39. The number of ether oxygens (including phenoxy) is 1. The van der Waals surface area contributed by atoms with Gasteiger partial charge in [-0.2, -0.15) is 4.58 Å². The normalized spacial score (nSPS) is 18.5. The van der Waals surface area contributed by atoms with Crippen LogP contribution in [0.5, 0.6) is 5.75 Å². The average Bonchev–Trinajstić information content (AvgIpc) is 2.83. The van der Waals surface area contributed by atoms with Crippen molar-refractivity contribution < 1.29 is 38.2 Å². The lowest BCUT2D eigenvalue weighted by Gasteiger charge is -2.19. The molecule has 0 aliphatic carbocycles. The van der Waals surface area contributed by atoms with Crippen molar-refractivity contribution in [3.05, 3.63) is 83.7 Å². The second-order valence-electron chi connectivity index (χ2n) is 8.29. The minimum atomic E-state index is -4.94. The summed E-state index contributed by atoms with van der Waals surface area (Å²) in [6.45, 7) is 6.74. The molecule has 2 aromatic rings. The Morgan fingerprint density at radius 1 is 1.03 bits per heavy atom. The zero-order valence-electron chi connectivity index (χ0n) is 18.9. The Kier molecular flexibility index (Phi) is 7.84. The molecule has 0 amide bonds. The van der Waals surface area contributed by atoms with Gasteiger partial charge in [-0.05, 0) is 56.7 Å². The van der Waals surface area contributed by atoms with Crippen LogP contribution in [0, 0.1) is 10.2 Å². The van der Waals surface area contributed by atoms with Crippen LogP contribution in [0.1, 0.15) is 32.8 Å². The zero-order valence-corrected chi connectivity index (χ0v) is 20.5. The van der Waals surface area contributed by atoms with Crippen LogP contribution in [0.3, 0.4) is 0 Å². The van der Waals surface area contributed by atoms with Crippen LogP contribution in [0.15, 0.2) is 83.0 Å². The highest BCUT2D eigenvalue weighted by atomic mass is 35.7. The van der Waals surface area contributed by atoms with Gasteiger partial charge in [-0.25, -0.2) is 18.6 Å². The summed E-state index contributed by atoms with van der Waals surface area (Å²) < 4.78 is 42.5. The summed E-state index contributed by atoms with van der Waals surface area (Å²) >= 11 is 1.95. The molecule has 0 saturated heterocycles. The lowest BCUT2D eigenvalue weighted by molar-refractivity contribution is -2.00. The first-order valence-electron chi connectivity index (χ1n) is 10.3. The van der Waals surface area contributed by atoms with Crippen LogP contribution in [0.2, 0.25) is 0 Å². The Balaban J connectivity index is 0.000000555. The maximum Gasteiger partial charge on any atom is 0.218 e. The smallest absolute Gasteiger partial charge is 0.218 e. The molecule has 4 rings (SSSR count). The van der Waals surface area contributed by atoms with Crippen LogP contribution >= 0.6 is 11.8 Å². The van der Waals surface area contributed by atoms with Crippen molar-refractivity contribution >= 4 is 29.2 Å². The summed E-state index contributed by atoms with van der Waals surface area (Å²) in [4.78, 5) is 1.34. The molecule has 6 nitrogen and oxygen atoms in total. The SMILES string of the molecule is CC(/C=C/C1=[N+](C)c2ccccc2SC(C)(C)C1)=C1/C=Cc2ccccc2O1.[O-][Cl+3]([O-])([O-])[O-]. The lowest BCUT2D eigenvalue weighted by atomic mass is 10.0. The molecule has 0 aromatic heterocycles. The van der Waals surface area contributed by atoms with Crippen LogP contribution in [-0.4, -0.2) is 22.1 Å². The summed E-state index contributed by atoms with van der Waals surface area (Å²) in [6, 6.07) is 16.8. The van der Waals surface area contributed by atoms with E-state index in [2.05, 4.69) is 87.0 Å². The van der Waals surface area contributed by atoms with Gasteiger partial charge in [-0.3, -0.25) is 0 Å². The number of halogens is 1. The topological polar surface area (TPSA) is 104 Å². The molecule has 0 atom stereocenters. The lowest BCUT2D eigenvalue weighted by Crippen LogP contribution is -2.68. The third-order valence-corrected chi connectivity index (χ3v) is 6.38. The number of rotatable bonds is 2. The van der Waals surface area contributed by atoms with Gasteiger partial charge < -0.3 is 4.74 Å². The molecule has 0 saturated carbocycles. The number of hydrogen-bond donors (Lipinski definition) is 0. The van der Waals surface area contributed by atoms with Gasteiger partial charge in [0.05, 0.1) is 4.90 Å². The standard InChI is InChI=1S/C25H26NOS.ClHO4/c1-18(22-16-14-19-9-5-7-11-23(19)27-22)13-15-20-17-25(2,3)28-24-12-8-6-10-21(24)26(20)4;2-1(3,4)5/h5-16H,17H2,1-4H3;(H,2,3,4,5)/q+1;/p-1/b15-13+,22-18+;. The minimum Gasteiger partial charge on any atom is -0.456 e. The van der Waals surface area contributed by atoms with Crippen molar-refractivity contribution in [1.82, 2.24) is 0 Å². The highest BCUT2D eigenvalue weighted by Crippen LogP contribution is 2.42. The number of allylic oxidation sites excluding steroid dienone is 4. The predicted octanol–water partition coefficient (Wildman–Crippen LogP) is 1.86. The number of benzene rings is 2. The van der Waals surface area contributed by atoms with Crippen LogP contribution in [-0.2, 0) is 0 Å². The third kappa shape index (κ3) is 7.30. The molecule has 0 fully saturated rings. The summed E-state index contributed by atoms with van der Waals surface area (Å²) in [6.07, 6.45) is 9.59. The zero-order chi connectivity index (χ0) is 24.2. The number of fused-ring (bicyclic) bond motifs is 2. The van der Waals surface area contributed by atoms with Crippen molar-refractivity contribution in [2.24, 2.45) is 0 Å². The second kappa shape index (κ2) is 10.3. The van der Waals surface area contributed by atoms with Gasteiger partial charge in [0, 0.05) is 28.9 Å². The second-order valence-corrected chi connectivity index (χ2v) is 10.8. The van der Waals surface area contributed by atoms with Crippen LogP contribution in [0.4, 0.5) is 5.69 Å². The number of thioether (sulfide) groups is 1. The van der Waals surface area contributed by atoms with E-state index in [0.717, 1.165) is 29.1 Å². The van der Waals surface area contributed by atoms with E-state index >= 15 is 0 Å². The fourth-order valence-electron chi connectivity index (χ4n) is 3.58. The van der Waals surface area contributed by atoms with Gasteiger partial charge in [0.2, 0.25) is 5.69 Å². The summed E-state index contributed by atoms with van der Waals surface area (Å²) in [5.41, 5.74) is 4.82. The highest BCUT2D eigenvalue weighted by molar-refractivity contribution is 8.00. The Bertz CT molecular complexity index is 1140. The van der Waals surface area contributed by atoms with E-state index < -0.39 is 10.2 Å². The van der Waals surface area contributed by atoms with Gasteiger partial charge in [-0.15, -0.1) is 22.0 Å². The highest BCUT2D eigenvalue weighted by Gasteiger charge is 2.31. The van der Waals surface area contributed by atoms with E-state index in [9.17, 15) is 0 Å². The van der Waals surface area contributed by atoms with Crippen molar-refractivity contribution in [3.8, 4) is 5.75 Å². The minimum absolute atomic E-state index is 0.141. The fraction of sp³-hybridized carbons (Fsp3) is 0.240. The monoisotopic (exact) mass is 487 g/mol. The van der Waals surface area contributed by atoms with E-state index in [1.807, 2.05) is 30.0 Å². The molecule has 2 aromatic carbocycles. The Labute approximate surface area is 200 Å². The molecule has 33 heavy (non-hydrogen) atoms. The number of nitrogens with zero attached hydrogens (tertiary/aromatic N) is 1. The maximum atomic E-state index is 8.49. The van der Waals surface area contributed by atoms with Gasteiger partial charge in [-0.1, -0.05) is 30.3 Å². The molecule has 0 bridgehead atoms. The fourth-order valence-corrected chi connectivity index (χ4v) is 4.85. The quantitative estimate of drug-likeness (QED) is 0.599. The summed E-state index contributed by atoms with van der Waals surface area (Å²) in [5.74, 6) is 1.82. The first kappa shape index (κ1) is 25.2. The van der Waals surface area contributed by atoms with Crippen LogP contribution < -0.4 is 23.4 Å². The van der Waals surface area contributed by atoms with Crippen molar-refractivity contribution in [2.75, 3.05) is 7.05 Å². The number of hydrogen-bond acceptors (Lipinski definition) is 6. The largest absolute Gasteiger partial charge is 0.456 e. The number of para-hydroxylation sites is 2. The predicted molar refractivity (Wildman–Crippen MR) is 120 cm³/mol. The van der Waals surface area contributed by atoms with E-state index in [1.165, 1.54) is 16.3 Å². The Morgan fingerprint density at radius 2 is 1.67 bits per heavy atom. The van der Waals surface area contributed by atoms with Crippen molar-refractivity contribution in [3.63, 3.8) is 0 Å². The molecule has 8 heteroatoms. The van der Waals surface area contributed by atoms with E-state index in [1.54, 1.807) is 0 Å².